The Balaban J connectivity index is 1.63. The van der Waals surface area contributed by atoms with Crippen molar-refractivity contribution in [1.29, 1.82) is 0 Å². The fraction of sp³-hybridized carbons (Fsp3) is 0.684. The van der Waals surface area contributed by atoms with E-state index in [2.05, 4.69) is 39.7 Å². The van der Waals surface area contributed by atoms with Crippen LogP contribution in [0.15, 0.2) is 34.8 Å². The van der Waals surface area contributed by atoms with Gasteiger partial charge >= 0.3 is 0 Å². The number of aliphatic hydroxyl groups is 1. The van der Waals surface area contributed by atoms with Gasteiger partial charge in [0.25, 0.3) is 0 Å². The number of aliphatic hydroxyl groups excluding tert-OH is 1. The van der Waals surface area contributed by atoms with Gasteiger partial charge in [0, 0.05) is 24.8 Å². The van der Waals surface area contributed by atoms with Gasteiger partial charge in [0.2, 0.25) is 0 Å². The fourth-order valence-electron chi connectivity index (χ4n) is 6.02. The van der Waals surface area contributed by atoms with Gasteiger partial charge in [0.15, 0.2) is 0 Å². The third-order valence-corrected chi connectivity index (χ3v) is 8.44. The first-order valence-corrected chi connectivity index (χ1v) is 10.2. The van der Waals surface area contributed by atoms with E-state index in [-0.39, 0.29) is 3.42 Å². The zero-order chi connectivity index (χ0) is 15.8. The summed E-state index contributed by atoms with van der Waals surface area (Å²) in [5.74, 6) is 2.16. The molecule has 0 spiro atoms. The molecule has 2 saturated heterocycles. The first-order valence-electron chi connectivity index (χ1n) is 9.14. The van der Waals surface area contributed by atoms with Crippen LogP contribution in [-0.2, 0) is 0 Å². The maximum absolute atomic E-state index is 9.98. The van der Waals surface area contributed by atoms with E-state index < -0.39 is 0 Å². The fourth-order valence-corrected chi connectivity index (χ4v) is 8.02. The average Bonchev–Trinajstić information content (AvgIpc) is 2.87. The first-order chi connectivity index (χ1) is 11.1. The highest BCUT2D eigenvalue weighted by atomic mass is 127. The van der Waals surface area contributed by atoms with Crippen LogP contribution in [0.25, 0.3) is 0 Å². The van der Waals surface area contributed by atoms with Gasteiger partial charge in [-0.15, -0.1) is 0 Å². The topological polar surface area (TPSA) is 35.5 Å². The molecule has 0 aromatic carbocycles. The number of rotatable bonds is 1. The molecule has 0 amide bonds. The SMILES string of the molecule is CC[C@H]1CC2CN3CCC4=C(NC5CC=C(O)C=C45)[C@@](I)(C2)C13. The molecule has 3 nitrogen and oxygen atoms in total. The standard InChI is InChI=1S/C19H25IN2O/c1-2-12-7-11-9-19(20)17-14(5-6-22(10-11)18(12)19)15-8-13(23)3-4-16(15)21-17/h3,8,11-12,16,18,21,23H,2,4-7,9-10H2,1H3/t11?,12-,16?,18?,19-/m0/s1. The predicted octanol–water partition coefficient (Wildman–Crippen LogP) is 3.68. The van der Waals surface area contributed by atoms with Crippen molar-refractivity contribution in [2.24, 2.45) is 11.8 Å². The zero-order valence-electron chi connectivity index (χ0n) is 13.7. The Morgan fingerprint density at radius 2 is 2.35 bits per heavy atom. The smallest absolute Gasteiger partial charge is 0.112 e. The molecule has 6 atom stereocenters. The van der Waals surface area contributed by atoms with Crippen LogP contribution in [0.4, 0.5) is 0 Å². The van der Waals surface area contributed by atoms with Crippen LogP contribution in [0.1, 0.15) is 39.0 Å². The second kappa shape index (κ2) is 5.01. The van der Waals surface area contributed by atoms with E-state index in [4.69, 9.17) is 0 Å². The minimum Gasteiger partial charge on any atom is -0.508 e. The molecule has 4 bridgehead atoms. The Bertz CT molecular complexity index is 652. The van der Waals surface area contributed by atoms with Crippen molar-refractivity contribution >= 4 is 22.6 Å². The van der Waals surface area contributed by atoms with Gasteiger partial charge in [-0.3, -0.25) is 4.90 Å². The summed E-state index contributed by atoms with van der Waals surface area (Å²) in [4.78, 5) is 2.80. The summed E-state index contributed by atoms with van der Waals surface area (Å²) in [7, 11) is 0. The number of piperidine rings is 2. The minimum atomic E-state index is 0.249. The number of hydrogen-bond acceptors (Lipinski definition) is 3. The van der Waals surface area contributed by atoms with Crippen molar-refractivity contribution in [1.82, 2.24) is 10.2 Å². The van der Waals surface area contributed by atoms with Gasteiger partial charge in [0.1, 0.15) is 5.76 Å². The van der Waals surface area contributed by atoms with Crippen LogP contribution in [0.5, 0.6) is 0 Å². The van der Waals surface area contributed by atoms with E-state index in [0.717, 1.165) is 24.7 Å². The summed E-state index contributed by atoms with van der Waals surface area (Å²) < 4.78 is 0.249. The van der Waals surface area contributed by atoms with Crippen LogP contribution in [-0.4, -0.2) is 38.6 Å². The van der Waals surface area contributed by atoms with Gasteiger partial charge in [-0.25, -0.2) is 0 Å². The molecular weight excluding hydrogens is 399 g/mol. The van der Waals surface area contributed by atoms with Gasteiger partial charge in [-0.2, -0.15) is 0 Å². The minimum absolute atomic E-state index is 0.249. The summed E-state index contributed by atoms with van der Waals surface area (Å²) in [5.41, 5.74) is 4.41. The van der Waals surface area contributed by atoms with Crippen LogP contribution < -0.4 is 5.32 Å². The number of nitrogens with zero attached hydrogens (tertiary/aromatic N) is 1. The van der Waals surface area contributed by atoms with Crippen molar-refractivity contribution in [2.75, 3.05) is 13.1 Å². The van der Waals surface area contributed by atoms with E-state index in [1.54, 1.807) is 0 Å². The third kappa shape index (κ3) is 1.97. The van der Waals surface area contributed by atoms with Crippen LogP contribution in [0.2, 0.25) is 0 Å². The lowest BCUT2D eigenvalue weighted by Crippen LogP contribution is -2.65. The molecule has 4 aliphatic heterocycles. The summed E-state index contributed by atoms with van der Waals surface area (Å²) >= 11 is 2.80. The molecule has 4 unspecified atom stereocenters. The van der Waals surface area contributed by atoms with Gasteiger partial charge in [0.05, 0.1) is 9.46 Å². The lowest BCUT2D eigenvalue weighted by Gasteiger charge is -2.58. The Hall–Kier alpha value is -0.490. The molecule has 2 aliphatic carbocycles. The number of halogens is 1. The molecule has 4 heterocycles. The predicted molar refractivity (Wildman–Crippen MR) is 101 cm³/mol. The Kier molecular flexibility index (Phi) is 3.23. The molecule has 0 radical (unpaired) electrons. The summed E-state index contributed by atoms with van der Waals surface area (Å²) in [5, 5.41) is 13.9. The Morgan fingerprint density at radius 1 is 1.48 bits per heavy atom. The first kappa shape index (κ1) is 14.8. The van der Waals surface area contributed by atoms with Crippen LogP contribution in [0.3, 0.4) is 0 Å². The molecule has 2 N–H and O–H groups in total. The number of fused-ring (bicyclic) bond motifs is 3. The molecule has 124 valence electrons. The van der Waals surface area contributed by atoms with E-state index in [0.29, 0.717) is 17.8 Å². The maximum atomic E-state index is 9.98. The van der Waals surface area contributed by atoms with E-state index in [1.807, 2.05) is 12.2 Å². The molecular formula is C19H25IN2O. The molecule has 0 aromatic rings. The normalized spacial score (nSPS) is 47.3. The monoisotopic (exact) mass is 424 g/mol. The van der Waals surface area contributed by atoms with E-state index in [1.165, 1.54) is 49.2 Å². The third-order valence-electron chi connectivity index (χ3n) is 6.82. The second-order valence-corrected chi connectivity index (χ2v) is 9.97. The summed E-state index contributed by atoms with van der Waals surface area (Å²) in [6.45, 7) is 4.87. The Morgan fingerprint density at radius 3 is 3.17 bits per heavy atom. The van der Waals surface area contributed by atoms with E-state index >= 15 is 0 Å². The molecule has 3 fully saturated rings. The maximum Gasteiger partial charge on any atom is 0.112 e. The number of hydrogen-bond donors (Lipinski definition) is 2. The van der Waals surface area contributed by atoms with Crippen LogP contribution >= 0.6 is 22.6 Å². The van der Waals surface area contributed by atoms with Crippen molar-refractivity contribution in [2.45, 2.75) is 54.5 Å². The number of alkyl halides is 1. The van der Waals surface area contributed by atoms with Crippen molar-refractivity contribution in [3.05, 3.63) is 34.8 Å². The van der Waals surface area contributed by atoms with Gasteiger partial charge in [-0.1, -0.05) is 35.9 Å². The Labute approximate surface area is 152 Å². The highest BCUT2D eigenvalue weighted by Crippen LogP contribution is 2.57. The highest BCUT2D eigenvalue weighted by molar-refractivity contribution is 14.1. The second-order valence-electron chi connectivity index (χ2n) is 8.04. The van der Waals surface area contributed by atoms with Gasteiger partial charge < -0.3 is 10.4 Å². The summed E-state index contributed by atoms with van der Waals surface area (Å²) in [6.07, 6.45) is 10.1. The van der Waals surface area contributed by atoms with E-state index in [9.17, 15) is 5.11 Å². The number of nitrogens with one attached hydrogen (secondary N) is 1. The highest BCUT2D eigenvalue weighted by Gasteiger charge is 2.58. The largest absolute Gasteiger partial charge is 0.508 e. The van der Waals surface area contributed by atoms with Crippen LogP contribution in [0, 0.1) is 11.8 Å². The van der Waals surface area contributed by atoms with Crippen molar-refractivity contribution < 1.29 is 5.11 Å². The average molecular weight is 424 g/mol. The summed E-state index contributed by atoms with van der Waals surface area (Å²) in [6, 6.07) is 1.09. The number of allylic oxidation sites excluding steroid dienone is 1. The van der Waals surface area contributed by atoms with Crippen molar-refractivity contribution in [3.63, 3.8) is 0 Å². The molecule has 1 saturated carbocycles. The molecule has 0 aromatic heterocycles. The quantitative estimate of drug-likeness (QED) is 0.498. The lowest BCUT2D eigenvalue weighted by atomic mass is 9.65. The lowest BCUT2D eigenvalue weighted by molar-refractivity contribution is -0.00961. The molecule has 4 heteroatoms. The van der Waals surface area contributed by atoms with Crippen molar-refractivity contribution in [3.8, 4) is 0 Å². The molecule has 23 heavy (non-hydrogen) atoms. The van der Waals surface area contributed by atoms with Gasteiger partial charge in [-0.05, 0) is 60.8 Å². The molecule has 6 rings (SSSR count). The zero-order valence-corrected chi connectivity index (χ0v) is 15.8. The molecule has 6 aliphatic rings.